The number of carbonyl (C=O) groups excluding carboxylic acids is 1. The zero-order chi connectivity index (χ0) is 20.0. The van der Waals surface area contributed by atoms with Crippen molar-refractivity contribution in [2.45, 2.75) is 11.4 Å². The van der Waals surface area contributed by atoms with Crippen LogP contribution in [0.5, 0.6) is 5.75 Å². The zero-order valence-corrected chi connectivity index (χ0v) is 15.9. The van der Waals surface area contributed by atoms with Gasteiger partial charge < -0.3 is 10.1 Å². The lowest BCUT2D eigenvalue weighted by molar-refractivity contribution is 0.102. The SMILES string of the molecule is COc1ccccc1NC(=O)c1cccc(S(=O)(=O)NCc2ccccn2)c1. The molecule has 0 unspecified atom stereocenters. The number of para-hydroxylation sites is 2. The van der Waals surface area contributed by atoms with Crippen molar-refractivity contribution in [2.24, 2.45) is 0 Å². The summed E-state index contributed by atoms with van der Waals surface area (Å²) in [6, 6.07) is 18.0. The molecule has 2 aromatic carbocycles. The minimum Gasteiger partial charge on any atom is -0.495 e. The van der Waals surface area contributed by atoms with E-state index in [1.807, 2.05) is 0 Å². The molecule has 7 nitrogen and oxygen atoms in total. The van der Waals surface area contributed by atoms with E-state index < -0.39 is 15.9 Å². The van der Waals surface area contributed by atoms with E-state index in [4.69, 9.17) is 4.74 Å². The van der Waals surface area contributed by atoms with Crippen LogP contribution in [0.15, 0.2) is 77.8 Å². The van der Waals surface area contributed by atoms with Crippen molar-refractivity contribution in [1.29, 1.82) is 0 Å². The van der Waals surface area contributed by atoms with Gasteiger partial charge >= 0.3 is 0 Å². The summed E-state index contributed by atoms with van der Waals surface area (Å²) < 4.78 is 32.8. The Morgan fingerprint density at radius 3 is 2.57 bits per heavy atom. The standard InChI is InChI=1S/C20H19N3O4S/c1-27-19-11-3-2-10-18(19)23-20(24)15-7-6-9-17(13-15)28(25,26)22-14-16-8-4-5-12-21-16/h2-13,22H,14H2,1H3,(H,23,24). The van der Waals surface area contributed by atoms with E-state index in [9.17, 15) is 13.2 Å². The van der Waals surface area contributed by atoms with E-state index in [0.29, 0.717) is 17.1 Å². The number of benzene rings is 2. The Hall–Kier alpha value is -3.23. The monoisotopic (exact) mass is 397 g/mol. The van der Waals surface area contributed by atoms with Gasteiger partial charge in [0, 0.05) is 11.8 Å². The third kappa shape index (κ3) is 4.73. The molecule has 1 amide bonds. The van der Waals surface area contributed by atoms with Gasteiger partial charge in [-0.3, -0.25) is 9.78 Å². The third-order valence-electron chi connectivity index (χ3n) is 3.93. The van der Waals surface area contributed by atoms with Crippen molar-refractivity contribution in [3.8, 4) is 5.75 Å². The molecule has 0 saturated carbocycles. The van der Waals surface area contributed by atoms with E-state index in [-0.39, 0.29) is 17.0 Å². The molecular weight excluding hydrogens is 378 g/mol. The first-order valence-electron chi connectivity index (χ1n) is 8.43. The molecule has 3 rings (SSSR count). The number of hydrogen-bond acceptors (Lipinski definition) is 5. The number of ether oxygens (including phenoxy) is 1. The summed E-state index contributed by atoms with van der Waals surface area (Å²) in [6.07, 6.45) is 1.59. The molecule has 0 aliphatic heterocycles. The highest BCUT2D eigenvalue weighted by Crippen LogP contribution is 2.24. The molecule has 0 aliphatic rings. The van der Waals surface area contributed by atoms with Gasteiger partial charge in [-0.2, -0.15) is 0 Å². The van der Waals surface area contributed by atoms with E-state index >= 15 is 0 Å². The average molecular weight is 397 g/mol. The summed E-state index contributed by atoms with van der Waals surface area (Å²) in [5.41, 5.74) is 1.30. The quantitative estimate of drug-likeness (QED) is 0.639. The Labute approximate surface area is 163 Å². The second kappa shape index (κ2) is 8.64. The van der Waals surface area contributed by atoms with Crippen LogP contribution in [-0.2, 0) is 16.6 Å². The molecular formula is C20H19N3O4S. The molecule has 2 N–H and O–H groups in total. The number of hydrogen-bond donors (Lipinski definition) is 2. The highest BCUT2D eigenvalue weighted by atomic mass is 32.2. The third-order valence-corrected chi connectivity index (χ3v) is 5.33. The Kier molecular flexibility index (Phi) is 6.03. The number of amides is 1. The maximum Gasteiger partial charge on any atom is 0.255 e. The van der Waals surface area contributed by atoms with Gasteiger partial charge in [-0.15, -0.1) is 0 Å². The van der Waals surface area contributed by atoms with Crippen LogP contribution in [0.2, 0.25) is 0 Å². The minimum atomic E-state index is -3.79. The summed E-state index contributed by atoms with van der Waals surface area (Å²) in [6.45, 7) is 0.0564. The maximum absolute atomic E-state index is 12.5. The first kappa shape index (κ1) is 19.5. The Bertz CT molecular complexity index is 1070. The molecule has 1 aromatic heterocycles. The number of nitrogens with one attached hydrogen (secondary N) is 2. The average Bonchev–Trinajstić information content (AvgIpc) is 2.73. The molecule has 1 heterocycles. The van der Waals surface area contributed by atoms with E-state index in [2.05, 4.69) is 15.0 Å². The fourth-order valence-corrected chi connectivity index (χ4v) is 3.55. The van der Waals surface area contributed by atoms with Crippen molar-refractivity contribution in [3.63, 3.8) is 0 Å². The van der Waals surface area contributed by atoms with Crippen LogP contribution in [-0.4, -0.2) is 26.4 Å². The van der Waals surface area contributed by atoms with Crippen LogP contribution in [0, 0.1) is 0 Å². The highest BCUT2D eigenvalue weighted by molar-refractivity contribution is 7.89. The number of sulfonamides is 1. The summed E-state index contributed by atoms with van der Waals surface area (Å²) >= 11 is 0. The smallest absolute Gasteiger partial charge is 0.255 e. The second-order valence-electron chi connectivity index (χ2n) is 5.83. The summed E-state index contributed by atoms with van der Waals surface area (Å²) in [4.78, 5) is 16.6. The molecule has 28 heavy (non-hydrogen) atoms. The van der Waals surface area contributed by atoms with Crippen LogP contribution in [0.25, 0.3) is 0 Å². The van der Waals surface area contributed by atoms with Gasteiger partial charge in [-0.05, 0) is 42.5 Å². The molecule has 0 aliphatic carbocycles. The van der Waals surface area contributed by atoms with Gasteiger partial charge in [0.1, 0.15) is 5.75 Å². The fourth-order valence-electron chi connectivity index (χ4n) is 2.50. The number of anilines is 1. The highest BCUT2D eigenvalue weighted by Gasteiger charge is 2.17. The van der Waals surface area contributed by atoms with Crippen molar-refractivity contribution < 1.29 is 17.9 Å². The molecule has 3 aromatic rings. The fraction of sp³-hybridized carbons (Fsp3) is 0.100. The summed E-state index contributed by atoms with van der Waals surface area (Å²) in [7, 11) is -2.29. The predicted molar refractivity (Wildman–Crippen MR) is 106 cm³/mol. The Morgan fingerprint density at radius 1 is 1.04 bits per heavy atom. The molecule has 0 spiro atoms. The molecule has 0 saturated heterocycles. The van der Waals surface area contributed by atoms with Crippen LogP contribution in [0.1, 0.15) is 16.1 Å². The van der Waals surface area contributed by atoms with Crippen LogP contribution in [0.3, 0.4) is 0 Å². The van der Waals surface area contributed by atoms with Gasteiger partial charge in [-0.25, -0.2) is 13.1 Å². The molecule has 0 bridgehead atoms. The maximum atomic E-state index is 12.5. The van der Waals surface area contributed by atoms with Gasteiger partial charge in [0.05, 0.1) is 29.9 Å². The lowest BCUT2D eigenvalue weighted by Gasteiger charge is -2.11. The molecule has 0 radical (unpaired) electrons. The topological polar surface area (TPSA) is 97.4 Å². The van der Waals surface area contributed by atoms with Crippen LogP contribution >= 0.6 is 0 Å². The van der Waals surface area contributed by atoms with Gasteiger partial charge in [0.25, 0.3) is 5.91 Å². The van der Waals surface area contributed by atoms with Crippen molar-refractivity contribution >= 4 is 21.6 Å². The number of aromatic nitrogens is 1. The lowest BCUT2D eigenvalue weighted by Crippen LogP contribution is -2.24. The first-order valence-corrected chi connectivity index (χ1v) is 9.92. The second-order valence-corrected chi connectivity index (χ2v) is 7.59. The zero-order valence-electron chi connectivity index (χ0n) is 15.1. The molecule has 144 valence electrons. The lowest BCUT2D eigenvalue weighted by atomic mass is 10.2. The van der Waals surface area contributed by atoms with E-state index in [1.165, 1.54) is 25.3 Å². The number of pyridine rings is 1. The number of nitrogens with zero attached hydrogens (tertiary/aromatic N) is 1. The Balaban J connectivity index is 1.76. The molecule has 0 fully saturated rings. The van der Waals surface area contributed by atoms with Crippen molar-refractivity contribution in [1.82, 2.24) is 9.71 Å². The Morgan fingerprint density at radius 2 is 1.82 bits per heavy atom. The van der Waals surface area contributed by atoms with Gasteiger partial charge in [0.2, 0.25) is 10.0 Å². The molecule has 8 heteroatoms. The first-order chi connectivity index (χ1) is 13.5. The normalized spacial score (nSPS) is 11.0. The van der Waals surface area contributed by atoms with E-state index in [0.717, 1.165) is 0 Å². The van der Waals surface area contributed by atoms with Gasteiger partial charge in [0.15, 0.2) is 0 Å². The summed E-state index contributed by atoms with van der Waals surface area (Å²) in [5.74, 6) is 0.0722. The molecule has 0 atom stereocenters. The minimum absolute atomic E-state index is 0.00360. The van der Waals surface area contributed by atoms with E-state index in [1.54, 1.807) is 54.7 Å². The predicted octanol–water partition coefficient (Wildman–Crippen LogP) is 2.82. The van der Waals surface area contributed by atoms with Crippen LogP contribution < -0.4 is 14.8 Å². The number of carbonyl (C=O) groups is 1. The summed E-state index contributed by atoms with van der Waals surface area (Å²) in [5, 5.41) is 2.73. The largest absolute Gasteiger partial charge is 0.495 e. The van der Waals surface area contributed by atoms with Crippen molar-refractivity contribution in [3.05, 3.63) is 84.2 Å². The van der Waals surface area contributed by atoms with Crippen LogP contribution in [0.4, 0.5) is 5.69 Å². The van der Waals surface area contributed by atoms with Gasteiger partial charge in [-0.1, -0.05) is 24.3 Å². The number of rotatable bonds is 7. The number of methoxy groups -OCH3 is 1. The van der Waals surface area contributed by atoms with Crippen molar-refractivity contribution in [2.75, 3.05) is 12.4 Å².